The van der Waals surface area contributed by atoms with Gasteiger partial charge in [-0.15, -0.1) is 10.1 Å². The summed E-state index contributed by atoms with van der Waals surface area (Å²) in [5.74, 6) is 2.99. The molecule has 0 N–H and O–H groups in total. The molecule has 0 fully saturated rings. The fraction of sp³-hybridized carbons (Fsp3) is 0.531. The van der Waals surface area contributed by atoms with Crippen LogP contribution in [0.4, 0.5) is 0 Å². The molecule has 0 atom stereocenters. The van der Waals surface area contributed by atoms with Gasteiger partial charge in [0.25, 0.3) is 5.09 Å². The number of methoxy groups -OCH3 is 3. The van der Waals surface area contributed by atoms with Crippen molar-refractivity contribution >= 4 is 26.7 Å². The molecule has 9 nitrogen and oxygen atoms in total. The lowest BCUT2D eigenvalue weighted by Crippen LogP contribution is -2.40. The van der Waals surface area contributed by atoms with E-state index in [1.807, 2.05) is 6.07 Å². The van der Waals surface area contributed by atoms with Crippen molar-refractivity contribution in [1.82, 2.24) is 0 Å². The number of rotatable bonds is 18. The molecule has 2 heterocycles. The minimum Gasteiger partial charge on any atom is -0.493 e. The third kappa shape index (κ3) is 7.76. The molecule has 0 saturated carbocycles. The lowest BCUT2D eigenvalue weighted by molar-refractivity contribution is -0.757. The summed E-state index contributed by atoms with van der Waals surface area (Å²) in [6.45, 7) is 1.69. The van der Waals surface area contributed by atoms with Crippen LogP contribution < -0.4 is 23.5 Å². The van der Waals surface area contributed by atoms with Gasteiger partial charge in [0.1, 0.15) is 0 Å². The molecule has 0 bridgehead atoms. The van der Waals surface area contributed by atoms with Gasteiger partial charge in [-0.1, -0.05) is 51.4 Å². The van der Waals surface area contributed by atoms with Crippen molar-refractivity contribution in [3.05, 3.63) is 50.6 Å². The zero-order chi connectivity index (χ0) is 29.9. The standard InChI is InChI=1S/C32H42BrN2O7/c1-38-27-15-14-24-26(32(27)41-18-12-10-8-6-4-5-7-9-11-13-19-42-35(36)37)22-34-17-16-23-20-28(39-2)29(40-3)21-25(23)31(34)30(24)33/h14-15,20-22H,4-13,16-19H2,1-3H3/q+1. The average molecular weight is 647 g/mol. The van der Waals surface area contributed by atoms with Gasteiger partial charge in [-0.05, 0) is 58.6 Å². The number of unbranched alkanes of at least 4 members (excludes halogenated alkanes) is 9. The third-order valence-electron chi connectivity index (χ3n) is 7.86. The second-order valence-corrected chi connectivity index (χ2v) is 11.4. The minimum atomic E-state index is -0.719. The van der Waals surface area contributed by atoms with Gasteiger partial charge in [0, 0.05) is 11.8 Å². The maximum atomic E-state index is 10.1. The highest BCUT2D eigenvalue weighted by Gasteiger charge is 2.30. The van der Waals surface area contributed by atoms with Crippen LogP contribution in [0.3, 0.4) is 0 Å². The minimum absolute atomic E-state index is 0.207. The van der Waals surface area contributed by atoms with Gasteiger partial charge in [0.15, 0.2) is 35.7 Å². The summed E-state index contributed by atoms with van der Waals surface area (Å²) in [4.78, 5) is 14.5. The Morgan fingerprint density at radius 3 is 2.02 bits per heavy atom. The molecule has 42 heavy (non-hydrogen) atoms. The first-order valence-electron chi connectivity index (χ1n) is 14.9. The molecular formula is C32H42BrN2O7+. The van der Waals surface area contributed by atoms with E-state index in [9.17, 15) is 10.1 Å². The van der Waals surface area contributed by atoms with Crippen LogP contribution >= 0.6 is 15.9 Å². The molecular weight excluding hydrogens is 604 g/mol. The first-order valence-corrected chi connectivity index (χ1v) is 15.7. The van der Waals surface area contributed by atoms with E-state index in [1.165, 1.54) is 37.7 Å². The fourth-order valence-electron chi connectivity index (χ4n) is 5.65. The summed E-state index contributed by atoms with van der Waals surface area (Å²) < 4.78 is 26.5. The van der Waals surface area contributed by atoms with Crippen molar-refractivity contribution in [1.29, 1.82) is 0 Å². The Morgan fingerprint density at radius 2 is 1.40 bits per heavy atom. The Kier molecular flexibility index (Phi) is 11.9. The van der Waals surface area contributed by atoms with Crippen molar-refractivity contribution in [3.63, 3.8) is 0 Å². The molecule has 228 valence electrons. The molecule has 0 spiro atoms. The van der Waals surface area contributed by atoms with Gasteiger partial charge in [-0.2, -0.15) is 4.57 Å². The molecule has 0 aliphatic carbocycles. The van der Waals surface area contributed by atoms with Crippen molar-refractivity contribution in [2.75, 3.05) is 34.5 Å². The molecule has 3 aromatic rings. The molecule has 0 unspecified atom stereocenters. The molecule has 0 radical (unpaired) electrons. The Morgan fingerprint density at radius 1 is 0.810 bits per heavy atom. The van der Waals surface area contributed by atoms with Crippen molar-refractivity contribution in [3.8, 4) is 34.3 Å². The van der Waals surface area contributed by atoms with Gasteiger partial charge >= 0.3 is 0 Å². The van der Waals surface area contributed by atoms with Crippen LogP contribution in [0.5, 0.6) is 23.0 Å². The Balaban J connectivity index is 1.33. The van der Waals surface area contributed by atoms with E-state index in [-0.39, 0.29) is 6.61 Å². The van der Waals surface area contributed by atoms with Crippen molar-refractivity contribution in [2.45, 2.75) is 77.2 Å². The smallest absolute Gasteiger partial charge is 0.294 e. The number of hydrogen-bond donors (Lipinski definition) is 0. The number of aromatic nitrogens is 1. The second-order valence-electron chi connectivity index (χ2n) is 10.6. The zero-order valence-electron chi connectivity index (χ0n) is 24.9. The molecule has 1 aliphatic heterocycles. The number of hydrogen-bond acceptors (Lipinski definition) is 7. The second kappa shape index (κ2) is 15.8. The number of pyridine rings is 1. The van der Waals surface area contributed by atoms with Crippen LogP contribution in [0.25, 0.3) is 22.0 Å². The van der Waals surface area contributed by atoms with Crippen LogP contribution in [0.15, 0.2) is 34.9 Å². The van der Waals surface area contributed by atoms with Crippen molar-refractivity contribution < 1.29 is 33.4 Å². The summed E-state index contributed by atoms with van der Waals surface area (Å²) in [5, 5.41) is 11.5. The summed E-state index contributed by atoms with van der Waals surface area (Å²) in [5.41, 5.74) is 3.48. The number of nitrogens with zero attached hydrogens (tertiary/aromatic N) is 2. The Hall–Kier alpha value is -3.27. The SMILES string of the molecule is COc1cc2c(cc1OC)-c1c(Br)c3ccc(OC)c(OCCCCCCCCCCCCO[N+](=O)[O-])c3c[n+]1CC2. The average Bonchev–Trinajstić information content (AvgIpc) is 3.00. The number of benzene rings is 2. The van der Waals surface area contributed by atoms with E-state index in [0.717, 1.165) is 88.8 Å². The predicted octanol–water partition coefficient (Wildman–Crippen LogP) is 7.63. The van der Waals surface area contributed by atoms with E-state index in [1.54, 1.807) is 21.3 Å². The Bertz CT molecular complexity index is 1360. The number of ether oxygens (including phenoxy) is 4. The summed E-state index contributed by atoms with van der Waals surface area (Å²) >= 11 is 3.93. The topological polar surface area (TPSA) is 93.2 Å². The lowest BCUT2D eigenvalue weighted by Gasteiger charge is -2.20. The molecule has 10 heteroatoms. The van der Waals surface area contributed by atoms with Crippen LogP contribution in [-0.2, 0) is 17.8 Å². The molecule has 2 aromatic carbocycles. The highest BCUT2D eigenvalue weighted by Crippen LogP contribution is 2.44. The third-order valence-corrected chi connectivity index (χ3v) is 8.67. The van der Waals surface area contributed by atoms with E-state index in [4.69, 9.17) is 18.9 Å². The molecule has 1 aromatic heterocycles. The molecule has 0 amide bonds. The first kappa shape index (κ1) is 31.7. The van der Waals surface area contributed by atoms with E-state index >= 15 is 0 Å². The van der Waals surface area contributed by atoms with Crippen LogP contribution in [-0.4, -0.2) is 39.6 Å². The van der Waals surface area contributed by atoms with Gasteiger partial charge in [0.05, 0.1) is 50.0 Å². The van der Waals surface area contributed by atoms with Gasteiger partial charge < -0.3 is 23.8 Å². The molecule has 1 aliphatic rings. The number of halogens is 1. The van der Waals surface area contributed by atoms with Crippen LogP contribution in [0, 0.1) is 10.1 Å². The predicted molar refractivity (Wildman–Crippen MR) is 165 cm³/mol. The molecule has 4 rings (SSSR count). The van der Waals surface area contributed by atoms with E-state index in [2.05, 4.69) is 49.7 Å². The van der Waals surface area contributed by atoms with Crippen LogP contribution in [0.2, 0.25) is 0 Å². The maximum Gasteiger partial charge on any atom is 0.294 e. The normalized spacial score (nSPS) is 12.0. The van der Waals surface area contributed by atoms with Gasteiger partial charge in [-0.25, -0.2) is 0 Å². The summed E-state index contributed by atoms with van der Waals surface area (Å²) in [6, 6.07) is 8.21. The summed E-state index contributed by atoms with van der Waals surface area (Å²) in [7, 11) is 5.02. The molecule has 0 saturated heterocycles. The van der Waals surface area contributed by atoms with Crippen LogP contribution in [0.1, 0.15) is 69.8 Å². The van der Waals surface area contributed by atoms with Crippen molar-refractivity contribution in [2.24, 2.45) is 0 Å². The number of fused-ring (bicyclic) bond motifs is 4. The van der Waals surface area contributed by atoms with Gasteiger partial charge in [-0.3, -0.25) is 0 Å². The van der Waals surface area contributed by atoms with Gasteiger partial charge in [0.2, 0.25) is 5.69 Å². The highest BCUT2D eigenvalue weighted by molar-refractivity contribution is 9.10. The number of aryl methyl sites for hydroxylation is 2. The van der Waals surface area contributed by atoms with E-state index < -0.39 is 5.09 Å². The monoisotopic (exact) mass is 645 g/mol. The zero-order valence-corrected chi connectivity index (χ0v) is 26.5. The summed E-state index contributed by atoms with van der Waals surface area (Å²) in [6.07, 6.45) is 14.0. The maximum absolute atomic E-state index is 10.1. The largest absolute Gasteiger partial charge is 0.493 e. The Labute approximate surface area is 256 Å². The first-order chi connectivity index (χ1) is 20.5. The fourth-order valence-corrected chi connectivity index (χ4v) is 6.44. The lowest BCUT2D eigenvalue weighted by atomic mass is 9.95. The highest BCUT2D eigenvalue weighted by atomic mass is 79.9. The van der Waals surface area contributed by atoms with E-state index in [0.29, 0.717) is 12.4 Å². The quantitative estimate of drug-likeness (QED) is 0.0608.